The molecule has 2 nitrogen and oxygen atoms in total. The lowest BCUT2D eigenvalue weighted by molar-refractivity contribution is 0.158. The van der Waals surface area contributed by atoms with Crippen LogP contribution in [0.25, 0.3) is 0 Å². The van der Waals surface area contributed by atoms with Crippen LogP contribution in [0.3, 0.4) is 0 Å². The zero-order chi connectivity index (χ0) is 10.9. The van der Waals surface area contributed by atoms with Gasteiger partial charge in [0.1, 0.15) is 0 Å². The number of hydrogen-bond acceptors (Lipinski definition) is 2. The van der Waals surface area contributed by atoms with Crippen LogP contribution < -0.4 is 5.32 Å². The second kappa shape index (κ2) is 4.42. The van der Waals surface area contributed by atoms with Crippen molar-refractivity contribution in [1.29, 1.82) is 0 Å². The summed E-state index contributed by atoms with van der Waals surface area (Å²) in [5.74, 6) is 0.908. The predicted octanol–water partition coefficient (Wildman–Crippen LogP) is 2.25. The highest BCUT2D eigenvalue weighted by Gasteiger charge is 2.32. The Hall–Kier alpha value is -0.0800. The first-order valence-corrected chi connectivity index (χ1v) is 6.52. The highest BCUT2D eigenvalue weighted by atomic mass is 15.1. The van der Waals surface area contributed by atoms with E-state index < -0.39 is 0 Å². The van der Waals surface area contributed by atoms with Crippen LogP contribution in [0.4, 0.5) is 0 Å². The van der Waals surface area contributed by atoms with E-state index in [1.54, 1.807) is 0 Å². The van der Waals surface area contributed by atoms with Crippen LogP contribution >= 0.6 is 0 Å². The molecule has 88 valence electrons. The van der Waals surface area contributed by atoms with Crippen molar-refractivity contribution in [3.05, 3.63) is 0 Å². The molecule has 0 amide bonds. The van der Waals surface area contributed by atoms with Gasteiger partial charge in [-0.15, -0.1) is 0 Å². The SMILES string of the molecule is CN1CCCCC1CC1CNC(C)(C)C1. The molecule has 0 spiro atoms. The summed E-state index contributed by atoms with van der Waals surface area (Å²) in [6.45, 7) is 7.21. The summed E-state index contributed by atoms with van der Waals surface area (Å²) in [5, 5.41) is 3.63. The molecule has 2 atom stereocenters. The average molecular weight is 210 g/mol. The van der Waals surface area contributed by atoms with E-state index in [1.165, 1.54) is 45.2 Å². The zero-order valence-electron chi connectivity index (χ0n) is 10.6. The number of rotatable bonds is 2. The van der Waals surface area contributed by atoms with Crippen LogP contribution in [-0.4, -0.2) is 36.6 Å². The number of hydrogen-bond donors (Lipinski definition) is 1. The van der Waals surface area contributed by atoms with Crippen molar-refractivity contribution in [1.82, 2.24) is 10.2 Å². The van der Waals surface area contributed by atoms with Crippen molar-refractivity contribution in [2.45, 2.75) is 57.5 Å². The Kier molecular flexibility index (Phi) is 3.36. The number of nitrogens with one attached hydrogen (secondary N) is 1. The number of piperidine rings is 1. The highest BCUT2D eigenvalue weighted by molar-refractivity contribution is 4.91. The van der Waals surface area contributed by atoms with Crippen LogP contribution in [0.2, 0.25) is 0 Å². The zero-order valence-corrected chi connectivity index (χ0v) is 10.6. The minimum absolute atomic E-state index is 0.387. The lowest BCUT2D eigenvalue weighted by Crippen LogP contribution is -2.37. The highest BCUT2D eigenvalue weighted by Crippen LogP contribution is 2.30. The van der Waals surface area contributed by atoms with Crippen molar-refractivity contribution in [2.75, 3.05) is 20.1 Å². The summed E-state index contributed by atoms with van der Waals surface area (Å²) in [6.07, 6.45) is 7.04. The van der Waals surface area contributed by atoms with Gasteiger partial charge >= 0.3 is 0 Å². The van der Waals surface area contributed by atoms with Crippen molar-refractivity contribution >= 4 is 0 Å². The predicted molar refractivity (Wildman–Crippen MR) is 65.1 cm³/mol. The van der Waals surface area contributed by atoms with E-state index in [0.29, 0.717) is 5.54 Å². The van der Waals surface area contributed by atoms with Crippen LogP contribution in [0.5, 0.6) is 0 Å². The average Bonchev–Trinajstić information content (AvgIpc) is 2.50. The van der Waals surface area contributed by atoms with E-state index in [4.69, 9.17) is 0 Å². The second-order valence-electron chi connectivity index (χ2n) is 6.20. The van der Waals surface area contributed by atoms with Gasteiger partial charge in [-0.3, -0.25) is 0 Å². The maximum Gasteiger partial charge on any atom is 0.0128 e. The van der Waals surface area contributed by atoms with Gasteiger partial charge in [0, 0.05) is 11.6 Å². The fraction of sp³-hybridized carbons (Fsp3) is 1.00. The molecule has 0 saturated carbocycles. The molecule has 2 heteroatoms. The van der Waals surface area contributed by atoms with E-state index in [9.17, 15) is 0 Å². The van der Waals surface area contributed by atoms with E-state index in [-0.39, 0.29) is 0 Å². The van der Waals surface area contributed by atoms with Gasteiger partial charge in [-0.1, -0.05) is 6.42 Å². The van der Waals surface area contributed by atoms with Crippen molar-refractivity contribution in [2.24, 2.45) is 5.92 Å². The third kappa shape index (κ3) is 2.94. The molecule has 2 aliphatic rings. The molecular weight excluding hydrogens is 184 g/mol. The molecule has 2 heterocycles. The molecule has 2 fully saturated rings. The quantitative estimate of drug-likeness (QED) is 0.752. The Morgan fingerprint density at radius 3 is 2.73 bits per heavy atom. The maximum absolute atomic E-state index is 3.63. The van der Waals surface area contributed by atoms with Gasteiger partial charge < -0.3 is 10.2 Å². The summed E-state index contributed by atoms with van der Waals surface area (Å²) in [7, 11) is 2.30. The molecule has 1 N–H and O–H groups in total. The van der Waals surface area contributed by atoms with Crippen molar-refractivity contribution in [3.8, 4) is 0 Å². The van der Waals surface area contributed by atoms with Gasteiger partial charge in [-0.05, 0) is 65.6 Å². The Labute approximate surface area is 94.4 Å². The van der Waals surface area contributed by atoms with Gasteiger partial charge in [0.15, 0.2) is 0 Å². The molecule has 15 heavy (non-hydrogen) atoms. The van der Waals surface area contributed by atoms with Gasteiger partial charge in [0.05, 0.1) is 0 Å². The van der Waals surface area contributed by atoms with Crippen molar-refractivity contribution in [3.63, 3.8) is 0 Å². The summed E-state index contributed by atoms with van der Waals surface area (Å²) >= 11 is 0. The van der Waals surface area contributed by atoms with Gasteiger partial charge in [-0.2, -0.15) is 0 Å². The minimum Gasteiger partial charge on any atom is -0.312 e. The van der Waals surface area contributed by atoms with E-state index in [0.717, 1.165) is 12.0 Å². The Bertz CT molecular complexity index is 213. The number of nitrogens with zero attached hydrogens (tertiary/aromatic N) is 1. The third-order valence-electron chi connectivity index (χ3n) is 4.20. The molecule has 0 aromatic rings. The topological polar surface area (TPSA) is 15.3 Å². The fourth-order valence-corrected chi connectivity index (χ4v) is 3.28. The fourth-order valence-electron chi connectivity index (χ4n) is 3.28. The first kappa shape index (κ1) is 11.4. The van der Waals surface area contributed by atoms with E-state index >= 15 is 0 Å². The van der Waals surface area contributed by atoms with Crippen molar-refractivity contribution < 1.29 is 0 Å². The molecule has 2 rings (SSSR count). The molecule has 2 aliphatic heterocycles. The van der Waals surface area contributed by atoms with Crippen LogP contribution in [-0.2, 0) is 0 Å². The maximum atomic E-state index is 3.63. The largest absolute Gasteiger partial charge is 0.312 e. The normalized spacial score (nSPS) is 37.0. The Balaban J connectivity index is 1.81. The molecule has 0 aliphatic carbocycles. The van der Waals surface area contributed by atoms with Gasteiger partial charge in [-0.25, -0.2) is 0 Å². The lowest BCUT2D eigenvalue weighted by atomic mass is 9.88. The molecule has 0 aromatic heterocycles. The number of likely N-dealkylation sites (tertiary alicyclic amines) is 1. The molecule has 2 saturated heterocycles. The van der Waals surface area contributed by atoms with Gasteiger partial charge in [0.25, 0.3) is 0 Å². The minimum atomic E-state index is 0.387. The Morgan fingerprint density at radius 1 is 1.33 bits per heavy atom. The van der Waals surface area contributed by atoms with Crippen LogP contribution in [0.1, 0.15) is 46.0 Å². The second-order valence-corrected chi connectivity index (χ2v) is 6.20. The monoisotopic (exact) mass is 210 g/mol. The first-order valence-electron chi connectivity index (χ1n) is 6.52. The first-order chi connectivity index (χ1) is 7.07. The summed E-state index contributed by atoms with van der Waals surface area (Å²) < 4.78 is 0. The van der Waals surface area contributed by atoms with Crippen LogP contribution in [0, 0.1) is 5.92 Å². The van der Waals surface area contributed by atoms with E-state index in [1.807, 2.05) is 0 Å². The van der Waals surface area contributed by atoms with Gasteiger partial charge in [0.2, 0.25) is 0 Å². The molecule has 2 unspecified atom stereocenters. The third-order valence-corrected chi connectivity index (χ3v) is 4.20. The summed E-state index contributed by atoms with van der Waals surface area (Å²) in [5.41, 5.74) is 0.387. The lowest BCUT2D eigenvalue weighted by Gasteiger charge is -2.34. The smallest absolute Gasteiger partial charge is 0.0128 e. The Morgan fingerprint density at radius 2 is 2.13 bits per heavy atom. The van der Waals surface area contributed by atoms with Crippen LogP contribution in [0.15, 0.2) is 0 Å². The summed E-state index contributed by atoms with van der Waals surface area (Å²) in [6, 6.07) is 0.861. The molecular formula is C13H26N2. The van der Waals surface area contributed by atoms with E-state index in [2.05, 4.69) is 31.1 Å². The molecule has 0 radical (unpaired) electrons. The molecule has 0 aromatic carbocycles. The molecule has 0 bridgehead atoms. The summed E-state index contributed by atoms with van der Waals surface area (Å²) in [4.78, 5) is 2.58. The standard InChI is InChI=1S/C13H26N2/c1-13(2)9-11(10-14-13)8-12-6-4-5-7-15(12)3/h11-12,14H,4-10H2,1-3H3.